The second-order valence-electron chi connectivity index (χ2n) is 6.51. The van der Waals surface area contributed by atoms with Crippen molar-refractivity contribution in [3.63, 3.8) is 0 Å². The van der Waals surface area contributed by atoms with Crippen LogP contribution in [0.5, 0.6) is 0 Å². The Morgan fingerprint density at radius 3 is 2.53 bits per heavy atom. The second-order valence-corrected chi connectivity index (χ2v) is 6.51. The highest BCUT2D eigenvalue weighted by Crippen LogP contribution is 2.37. The molecule has 5 unspecified atom stereocenters. The van der Waals surface area contributed by atoms with Crippen molar-refractivity contribution in [1.29, 1.82) is 0 Å². The number of carbonyl (C=O) groups excluding carboxylic acids is 1. The van der Waals surface area contributed by atoms with Crippen molar-refractivity contribution in [3.8, 4) is 0 Å². The van der Waals surface area contributed by atoms with Gasteiger partial charge in [0.05, 0.1) is 12.2 Å². The van der Waals surface area contributed by atoms with Crippen molar-refractivity contribution in [2.24, 2.45) is 11.8 Å². The van der Waals surface area contributed by atoms with Crippen molar-refractivity contribution in [1.82, 2.24) is 10.2 Å². The summed E-state index contributed by atoms with van der Waals surface area (Å²) in [5.41, 5.74) is 0. The van der Waals surface area contributed by atoms with E-state index in [1.54, 1.807) is 0 Å². The number of nitrogens with zero attached hydrogens (tertiary/aromatic N) is 1. The van der Waals surface area contributed by atoms with E-state index in [-0.39, 0.29) is 12.2 Å². The molecule has 1 heterocycles. The van der Waals surface area contributed by atoms with Crippen LogP contribution in [-0.2, 0) is 4.79 Å². The molecule has 1 saturated carbocycles. The molecule has 0 aromatic rings. The maximum atomic E-state index is 12.7. The van der Waals surface area contributed by atoms with Crippen LogP contribution < -0.4 is 5.32 Å². The van der Waals surface area contributed by atoms with E-state index < -0.39 is 0 Å². The monoisotopic (exact) mass is 266 g/mol. The lowest BCUT2D eigenvalue weighted by Crippen LogP contribution is -2.46. The van der Waals surface area contributed by atoms with Crippen molar-refractivity contribution in [2.45, 2.75) is 84.5 Å². The van der Waals surface area contributed by atoms with Gasteiger partial charge in [-0.15, -0.1) is 0 Å². The Bertz CT molecular complexity index is 318. The van der Waals surface area contributed by atoms with Gasteiger partial charge in [-0.1, -0.05) is 40.5 Å². The normalized spacial score (nSPS) is 39.3. The van der Waals surface area contributed by atoms with Gasteiger partial charge < -0.3 is 4.90 Å². The predicted molar refractivity (Wildman–Crippen MR) is 78.7 cm³/mol. The van der Waals surface area contributed by atoms with E-state index >= 15 is 0 Å². The molecule has 2 aliphatic rings. The smallest absolute Gasteiger partial charge is 0.241 e. The quantitative estimate of drug-likeness (QED) is 0.829. The van der Waals surface area contributed by atoms with Crippen LogP contribution in [0.3, 0.4) is 0 Å². The zero-order chi connectivity index (χ0) is 14.0. The van der Waals surface area contributed by atoms with Gasteiger partial charge in [0.2, 0.25) is 5.91 Å². The van der Waals surface area contributed by atoms with Crippen LogP contribution in [-0.4, -0.2) is 29.1 Å². The average molecular weight is 266 g/mol. The maximum absolute atomic E-state index is 12.7. The molecule has 0 bridgehead atoms. The first-order valence-electron chi connectivity index (χ1n) is 8.18. The summed E-state index contributed by atoms with van der Waals surface area (Å²) in [6.07, 6.45) is 7.05. The number of unbranched alkanes of at least 4 members (excludes halogenated alkanes) is 1. The van der Waals surface area contributed by atoms with E-state index in [0.29, 0.717) is 17.9 Å². The van der Waals surface area contributed by atoms with Gasteiger partial charge in [-0.25, -0.2) is 0 Å². The fourth-order valence-corrected chi connectivity index (χ4v) is 3.77. The highest BCUT2D eigenvalue weighted by molar-refractivity contribution is 5.84. The molecule has 1 saturated heterocycles. The summed E-state index contributed by atoms with van der Waals surface area (Å²) in [5, 5.41) is 3.56. The van der Waals surface area contributed by atoms with Crippen LogP contribution in [0.1, 0.15) is 66.2 Å². The molecule has 3 heteroatoms. The van der Waals surface area contributed by atoms with Gasteiger partial charge in [-0.2, -0.15) is 0 Å². The van der Waals surface area contributed by atoms with E-state index in [1.807, 2.05) is 0 Å². The number of amides is 1. The summed E-state index contributed by atoms with van der Waals surface area (Å²) in [5.74, 6) is 1.76. The lowest BCUT2D eigenvalue weighted by atomic mass is 9.96. The zero-order valence-electron chi connectivity index (χ0n) is 13.0. The van der Waals surface area contributed by atoms with Gasteiger partial charge >= 0.3 is 0 Å². The SMILES string of the molecule is CCCCC1NC(CC)N(C2CCC(C)C2C)C1=O. The molecular formula is C16H30N2O. The number of hydrogen-bond acceptors (Lipinski definition) is 2. The van der Waals surface area contributed by atoms with E-state index in [4.69, 9.17) is 0 Å². The summed E-state index contributed by atoms with van der Waals surface area (Å²) in [6.45, 7) is 9.02. The Morgan fingerprint density at radius 1 is 1.26 bits per heavy atom. The molecule has 110 valence electrons. The summed E-state index contributed by atoms with van der Waals surface area (Å²) in [4.78, 5) is 14.9. The first-order chi connectivity index (χ1) is 9.10. The van der Waals surface area contributed by atoms with Crippen molar-refractivity contribution >= 4 is 5.91 Å². The summed E-state index contributed by atoms with van der Waals surface area (Å²) >= 11 is 0. The first-order valence-corrected chi connectivity index (χ1v) is 8.18. The fourth-order valence-electron chi connectivity index (χ4n) is 3.77. The predicted octanol–water partition coefficient (Wildman–Crippen LogP) is 3.15. The molecule has 3 nitrogen and oxygen atoms in total. The molecule has 19 heavy (non-hydrogen) atoms. The van der Waals surface area contributed by atoms with Crippen molar-refractivity contribution in [2.75, 3.05) is 0 Å². The Kier molecular flexibility index (Phi) is 4.88. The third-order valence-electron chi connectivity index (χ3n) is 5.29. The number of rotatable bonds is 5. The number of carbonyl (C=O) groups is 1. The minimum absolute atomic E-state index is 0.0769. The third-order valence-corrected chi connectivity index (χ3v) is 5.29. The summed E-state index contributed by atoms with van der Waals surface area (Å²) < 4.78 is 0. The first kappa shape index (κ1) is 14.8. The molecular weight excluding hydrogens is 236 g/mol. The van der Waals surface area contributed by atoms with Crippen LogP contribution >= 0.6 is 0 Å². The Labute approximate surface area is 118 Å². The minimum Gasteiger partial charge on any atom is -0.323 e. The van der Waals surface area contributed by atoms with Crippen molar-refractivity contribution in [3.05, 3.63) is 0 Å². The lowest BCUT2D eigenvalue weighted by molar-refractivity contribution is -0.133. The van der Waals surface area contributed by atoms with E-state index in [1.165, 1.54) is 19.3 Å². The molecule has 1 aliphatic carbocycles. The van der Waals surface area contributed by atoms with Crippen LogP contribution in [0.2, 0.25) is 0 Å². The average Bonchev–Trinajstić information content (AvgIpc) is 2.89. The van der Waals surface area contributed by atoms with Gasteiger partial charge in [0, 0.05) is 6.04 Å². The zero-order valence-corrected chi connectivity index (χ0v) is 13.0. The molecule has 5 atom stereocenters. The highest BCUT2D eigenvalue weighted by atomic mass is 16.2. The lowest BCUT2D eigenvalue weighted by Gasteiger charge is -2.33. The Morgan fingerprint density at radius 2 is 2.00 bits per heavy atom. The summed E-state index contributed by atoms with van der Waals surface area (Å²) in [7, 11) is 0. The van der Waals surface area contributed by atoms with E-state index in [2.05, 4.69) is 37.9 Å². The van der Waals surface area contributed by atoms with Crippen LogP contribution in [0.15, 0.2) is 0 Å². The fraction of sp³-hybridized carbons (Fsp3) is 0.938. The van der Waals surface area contributed by atoms with Gasteiger partial charge in [0.25, 0.3) is 0 Å². The third kappa shape index (κ3) is 2.81. The minimum atomic E-state index is 0.0769. The number of nitrogens with one attached hydrogen (secondary N) is 1. The number of hydrogen-bond donors (Lipinski definition) is 1. The molecule has 1 aliphatic heterocycles. The molecule has 0 spiro atoms. The largest absolute Gasteiger partial charge is 0.323 e. The Hall–Kier alpha value is -0.570. The van der Waals surface area contributed by atoms with E-state index in [0.717, 1.165) is 25.2 Å². The van der Waals surface area contributed by atoms with E-state index in [9.17, 15) is 4.79 Å². The second kappa shape index (κ2) is 6.25. The molecule has 2 rings (SSSR count). The van der Waals surface area contributed by atoms with Crippen molar-refractivity contribution < 1.29 is 4.79 Å². The molecule has 0 radical (unpaired) electrons. The Balaban J connectivity index is 2.07. The topological polar surface area (TPSA) is 32.3 Å². The highest BCUT2D eigenvalue weighted by Gasteiger charge is 2.45. The molecule has 2 fully saturated rings. The van der Waals surface area contributed by atoms with Crippen LogP contribution in [0, 0.1) is 11.8 Å². The molecule has 1 amide bonds. The van der Waals surface area contributed by atoms with Crippen LogP contribution in [0.25, 0.3) is 0 Å². The van der Waals surface area contributed by atoms with Gasteiger partial charge in [0.15, 0.2) is 0 Å². The van der Waals surface area contributed by atoms with Gasteiger partial charge in [-0.05, 0) is 37.5 Å². The van der Waals surface area contributed by atoms with Crippen LogP contribution in [0.4, 0.5) is 0 Å². The molecule has 0 aromatic heterocycles. The van der Waals surface area contributed by atoms with Gasteiger partial charge in [-0.3, -0.25) is 10.1 Å². The van der Waals surface area contributed by atoms with Gasteiger partial charge in [0.1, 0.15) is 0 Å². The molecule has 0 aromatic carbocycles. The summed E-state index contributed by atoms with van der Waals surface area (Å²) in [6, 6.07) is 0.541. The maximum Gasteiger partial charge on any atom is 0.241 e. The standard InChI is InChI=1S/C16H30N2O/c1-5-7-8-13-16(19)18(15(6-2)17-13)14-10-9-11(3)12(14)4/h11-15,17H,5-10H2,1-4H3. The molecule has 1 N–H and O–H groups in total.